The summed E-state index contributed by atoms with van der Waals surface area (Å²) in [6, 6.07) is 12.5. The van der Waals surface area contributed by atoms with Crippen LogP contribution in [-0.4, -0.2) is 6.04 Å². The van der Waals surface area contributed by atoms with E-state index in [4.69, 9.17) is 10.5 Å². The van der Waals surface area contributed by atoms with E-state index >= 15 is 0 Å². The van der Waals surface area contributed by atoms with Gasteiger partial charge < -0.3 is 10.5 Å². The molecule has 4 heteroatoms. The van der Waals surface area contributed by atoms with E-state index in [0.29, 0.717) is 18.8 Å². The minimum Gasteiger partial charge on any atom is -0.489 e. The molecule has 0 saturated heterocycles. The molecule has 0 fully saturated rings. The molecule has 0 spiro atoms. The first-order chi connectivity index (χ1) is 9.54. The van der Waals surface area contributed by atoms with Crippen LogP contribution in [0.25, 0.3) is 0 Å². The lowest BCUT2D eigenvalue weighted by molar-refractivity contribution is 0.303. The third kappa shape index (κ3) is 4.32. The fraction of sp³-hybridized carbons (Fsp3) is 0.250. The lowest BCUT2D eigenvalue weighted by Crippen LogP contribution is -2.17. The maximum Gasteiger partial charge on any atom is 0.127 e. The van der Waals surface area contributed by atoms with Crippen LogP contribution in [-0.2, 0) is 13.0 Å². The zero-order valence-corrected chi connectivity index (χ0v) is 12.9. The Hall–Kier alpha value is -1.39. The normalized spacial score (nSPS) is 12.2. The van der Waals surface area contributed by atoms with Crippen LogP contribution < -0.4 is 10.5 Å². The molecule has 0 aliphatic rings. The van der Waals surface area contributed by atoms with Gasteiger partial charge in [-0.2, -0.15) is 0 Å². The first-order valence-corrected chi connectivity index (χ1v) is 7.25. The molecule has 0 aliphatic carbocycles. The van der Waals surface area contributed by atoms with E-state index in [9.17, 15) is 4.39 Å². The Morgan fingerprint density at radius 3 is 2.70 bits per heavy atom. The van der Waals surface area contributed by atoms with Crippen molar-refractivity contribution in [3.63, 3.8) is 0 Å². The number of rotatable bonds is 5. The van der Waals surface area contributed by atoms with Crippen LogP contribution in [0, 0.1) is 5.82 Å². The Kier molecular flexibility index (Phi) is 5.15. The van der Waals surface area contributed by atoms with Gasteiger partial charge in [0.15, 0.2) is 0 Å². The van der Waals surface area contributed by atoms with Crippen molar-refractivity contribution in [3.05, 3.63) is 63.9 Å². The first-order valence-electron chi connectivity index (χ1n) is 6.46. The molecule has 2 N–H and O–H groups in total. The van der Waals surface area contributed by atoms with Crippen LogP contribution >= 0.6 is 15.9 Å². The summed E-state index contributed by atoms with van der Waals surface area (Å²) in [5.41, 5.74) is 7.61. The van der Waals surface area contributed by atoms with Gasteiger partial charge in [-0.05, 0) is 37.1 Å². The van der Waals surface area contributed by atoms with Crippen molar-refractivity contribution in [2.24, 2.45) is 5.73 Å². The molecule has 2 rings (SSSR count). The van der Waals surface area contributed by atoms with Gasteiger partial charge in [0.2, 0.25) is 0 Å². The molecule has 0 bridgehead atoms. The number of halogens is 2. The van der Waals surface area contributed by atoms with Crippen molar-refractivity contribution < 1.29 is 9.13 Å². The topological polar surface area (TPSA) is 35.2 Å². The molecule has 1 atom stereocenters. The van der Waals surface area contributed by atoms with Crippen LogP contribution in [0.4, 0.5) is 4.39 Å². The number of nitrogens with two attached hydrogens (primary N) is 1. The van der Waals surface area contributed by atoms with Gasteiger partial charge in [0.25, 0.3) is 0 Å². The van der Waals surface area contributed by atoms with Crippen LogP contribution in [0.1, 0.15) is 18.1 Å². The van der Waals surface area contributed by atoms with Crippen molar-refractivity contribution in [3.8, 4) is 5.75 Å². The fourth-order valence-electron chi connectivity index (χ4n) is 1.97. The average molecular weight is 338 g/mol. The van der Waals surface area contributed by atoms with Crippen molar-refractivity contribution in [1.29, 1.82) is 0 Å². The number of ether oxygens (including phenoxy) is 1. The highest BCUT2D eigenvalue weighted by molar-refractivity contribution is 9.10. The van der Waals surface area contributed by atoms with Gasteiger partial charge in [-0.1, -0.05) is 34.1 Å². The predicted molar refractivity (Wildman–Crippen MR) is 82.2 cm³/mol. The summed E-state index contributed by atoms with van der Waals surface area (Å²) in [5.74, 6) is 0.224. The third-order valence-corrected chi connectivity index (χ3v) is 3.61. The molecule has 1 unspecified atom stereocenters. The molecule has 0 amide bonds. The lowest BCUT2D eigenvalue weighted by Gasteiger charge is -2.11. The number of benzene rings is 2. The highest BCUT2D eigenvalue weighted by Gasteiger charge is 2.05. The monoisotopic (exact) mass is 337 g/mol. The second kappa shape index (κ2) is 6.86. The third-order valence-electron chi connectivity index (χ3n) is 2.84. The van der Waals surface area contributed by atoms with E-state index in [2.05, 4.69) is 15.9 Å². The van der Waals surface area contributed by atoms with Gasteiger partial charge in [-0.15, -0.1) is 0 Å². The number of hydrogen-bond donors (Lipinski definition) is 1. The molecule has 0 aliphatic heterocycles. The molecular weight excluding hydrogens is 321 g/mol. The molecule has 2 aromatic rings. The molecule has 0 heterocycles. The van der Waals surface area contributed by atoms with Gasteiger partial charge in [0, 0.05) is 22.1 Å². The summed E-state index contributed by atoms with van der Waals surface area (Å²) in [6.45, 7) is 2.29. The SMILES string of the molecule is CC(N)Cc1cc(F)cc(OCc2ccccc2Br)c1. The second-order valence-corrected chi connectivity index (χ2v) is 5.71. The van der Waals surface area contributed by atoms with Crippen LogP contribution in [0.3, 0.4) is 0 Å². The maximum atomic E-state index is 13.6. The van der Waals surface area contributed by atoms with E-state index < -0.39 is 0 Å². The highest BCUT2D eigenvalue weighted by atomic mass is 79.9. The summed E-state index contributed by atoms with van der Waals surface area (Å²) in [6.07, 6.45) is 0.628. The molecule has 0 radical (unpaired) electrons. The largest absolute Gasteiger partial charge is 0.489 e. The Balaban J connectivity index is 2.09. The quantitative estimate of drug-likeness (QED) is 0.892. The van der Waals surface area contributed by atoms with E-state index in [1.807, 2.05) is 37.3 Å². The first kappa shape index (κ1) is 15.0. The van der Waals surface area contributed by atoms with Crippen LogP contribution in [0.5, 0.6) is 5.75 Å². The van der Waals surface area contributed by atoms with Gasteiger partial charge in [-0.25, -0.2) is 4.39 Å². The van der Waals surface area contributed by atoms with Crippen LogP contribution in [0.15, 0.2) is 46.9 Å². The molecule has 0 aromatic heterocycles. The van der Waals surface area contributed by atoms with Crippen LogP contribution in [0.2, 0.25) is 0 Å². The van der Waals surface area contributed by atoms with E-state index in [1.54, 1.807) is 0 Å². The average Bonchev–Trinajstić information content (AvgIpc) is 2.36. The van der Waals surface area contributed by atoms with E-state index in [0.717, 1.165) is 15.6 Å². The van der Waals surface area contributed by atoms with Crippen molar-refractivity contribution >= 4 is 15.9 Å². The van der Waals surface area contributed by atoms with Gasteiger partial charge >= 0.3 is 0 Å². The molecule has 0 saturated carbocycles. The highest BCUT2D eigenvalue weighted by Crippen LogP contribution is 2.21. The van der Waals surface area contributed by atoms with Crippen molar-refractivity contribution in [2.75, 3.05) is 0 Å². The minimum atomic E-state index is -0.301. The molecular formula is C16H17BrFNO. The van der Waals surface area contributed by atoms with Gasteiger partial charge in [-0.3, -0.25) is 0 Å². The fourth-order valence-corrected chi connectivity index (χ4v) is 2.37. The summed E-state index contributed by atoms with van der Waals surface area (Å²) >= 11 is 3.46. The van der Waals surface area contributed by atoms with Gasteiger partial charge in [0.1, 0.15) is 18.2 Å². The zero-order chi connectivity index (χ0) is 14.5. The minimum absolute atomic E-state index is 0.00656. The van der Waals surface area contributed by atoms with Crippen molar-refractivity contribution in [2.45, 2.75) is 26.0 Å². The Bertz CT molecular complexity index is 586. The molecule has 2 nitrogen and oxygen atoms in total. The number of hydrogen-bond acceptors (Lipinski definition) is 2. The van der Waals surface area contributed by atoms with E-state index in [-0.39, 0.29) is 11.9 Å². The Morgan fingerprint density at radius 2 is 2.00 bits per heavy atom. The molecule has 2 aromatic carbocycles. The Morgan fingerprint density at radius 1 is 1.25 bits per heavy atom. The smallest absolute Gasteiger partial charge is 0.127 e. The zero-order valence-electron chi connectivity index (χ0n) is 11.3. The summed E-state index contributed by atoms with van der Waals surface area (Å²) < 4.78 is 20.2. The second-order valence-electron chi connectivity index (χ2n) is 4.86. The molecule has 106 valence electrons. The van der Waals surface area contributed by atoms with Gasteiger partial charge in [0.05, 0.1) is 0 Å². The lowest BCUT2D eigenvalue weighted by atomic mass is 10.1. The summed E-state index contributed by atoms with van der Waals surface area (Å²) in [4.78, 5) is 0. The Labute approximate surface area is 126 Å². The van der Waals surface area contributed by atoms with Crippen molar-refractivity contribution in [1.82, 2.24) is 0 Å². The standard InChI is InChI=1S/C16H17BrFNO/c1-11(19)6-12-7-14(18)9-15(8-12)20-10-13-4-2-3-5-16(13)17/h2-5,7-9,11H,6,10,19H2,1H3. The predicted octanol–water partition coefficient (Wildman–Crippen LogP) is 4.06. The molecule has 20 heavy (non-hydrogen) atoms. The van der Waals surface area contributed by atoms with E-state index in [1.165, 1.54) is 12.1 Å². The summed E-state index contributed by atoms with van der Waals surface area (Å²) in [7, 11) is 0. The summed E-state index contributed by atoms with van der Waals surface area (Å²) in [5, 5.41) is 0. The maximum absolute atomic E-state index is 13.6.